The number of aromatic amines is 1. The van der Waals surface area contributed by atoms with Crippen molar-refractivity contribution < 1.29 is 9.47 Å². The molecule has 0 aliphatic carbocycles. The zero-order chi connectivity index (χ0) is 18.6. The largest absolute Gasteiger partial charge is 0.497 e. The summed E-state index contributed by atoms with van der Waals surface area (Å²) in [6, 6.07) is 18.1. The van der Waals surface area contributed by atoms with Crippen LogP contribution in [0.15, 0.2) is 66.0 Å². The predicted molar refractivity (Wildman–Crippen MR) is 108 cm³/mol. The minimum absolute atomic E-state index is 0.812. The van der Waals surface area contributed by atoms with E-state index in [1.165, 1.54) is 5.56 Å². The molecule has 6 heteroatoms. The summed E-state index contributed by atoms with van der Waals surface area (Å²) in [5.74, 6) is 2.51. The Balaban J connectivity index is 1.60. The number of hydrogen-bond acceptors (Lipinski definition) is 5. The van der Waals surface area contributed by atoms with Gasteiger partial charge in [-0.2, -0.15) is 0 Å². The molecular formula is C21H19N3O2S. The molecule has 0 radical (unpaired) electrons. The molecule has 2 aromatic carbocycles. The number of aromatic nitrogens is 3. The lowest BCUT2D eigenvalue weighted by Crippen LogP contribution is -1.88. The average Bonchev–Trinajstić information content (AvgIpc) is 3.17. The fraction of sp³-hybridized carbons (Fsp3) is 0.143. The van der Waals surface area contributed by atoms with E-state index >= 15 is 0 Å². The van der Waals surface area contributed by atoms with Crippen LogP contribution in [0.1, 0.15) is 5.56 Å². The standard InChI is InChI=1S/C21H19N3O2S/c1-25-16-8-6-15(7-9-16)19-11-18-20(24-19)22-13-23-21(18)27-12-14-4-3-5-17(10-14)26-2/h3-11,13H,12H2,1-2H3,(H,22,23,24). The lowest BCUT2D eigenvalue weighted by Gasteiger charge is -2.04. The van der Waals surface area contributed by atoms with Gasteiger partial charge in [0, 0.05) is 11.4 Å². The molecule has 0 aliphatic heterocycles. The number of hydrogen-bond donors (Lipinski definition) is 1. The van der Waals surface area contributed by atoms with E-state index in [-0.39, 0.29) is 0 Å². The zero-order valence-corrected chi connectivity index (χ0v) is 15.9. The van der Waals surface area contributed by atoms with Crippen LogP contribution in [0.25, 0.3) is 22.3 Å². The minimum Gasteiger partial charge on any atom is -0.497 e. The van der Waals surface area contributed by atoms with Crippen LogP contribution >= 0.6 is 11.8 Å². The molecule has 1 N–H and O–H groups in total. The molecule has 0 saturated heterocycles. The van der Waals surface area contributed by atoms with Crippen LogP contribution in [0.4, 0.5) is 0 Å². The highest BCUT2D eigenvalue weighted by Crippen LogP contribution is 2.31. The van der Waals surface area contributed by atoms with Gasteiger partial charge < -0.3 is 14.5 Å². The Bertz CT molecular complexity index is 1060. The molecule has 0 bridgehead atoms. The maximum Gasteiger partial charge on any atom is 0.142 e. The number of fused-ring (bicyclic) bond motifs is 1. The molecule has 4 rings (SSSR count). The zero-order valence-electron chi connectivity index (χ0n) is 15.1. The summed E-state index contributed by atoms with van der Waals surface area (Å²) in [5.41, 5.74) is 4.12. The van der Waals surface area contributed by atoms with Crippen molar-refractivity contribution in [2.24, 2.45) is 0 Å². The first-order valence-electron chi connectivity index (χ1n) is 8.50. The molecule has 2 aromatic heterocycles. The summed E-state index contributed by atoms with van der Waals surface area (Å²) in [5, 5.41) is 1.98. The van der Waals surface area contributed by atoms with Gasteiger partial charge in [-0.1, -0.05) is 12.1 Å². The maximum atomic E-state index is 5.30. The van der Waals surface area contributed by atoms with Crippen LogP contribution in [0.5, 0.6) is 11.5 Å². The van der Waals surface area contributed by atoms with Crippen molar-refractivity contribution in [2.45, 2.75) is 10.8 Å². The summed E-state index contributed by atoms with van der Waals surface area (Å²) >= 11 is 1.69. The lowest BCUT2D eigenvalue weighted by molar-refractivity contribution is 0.414. The lowest BCUT2D eigenvalue weighted by atomic mass is 10.1. The Morgan fingerprint density at radius 2 is 1.74 bits per heavy atom. The topological polar surface area (TPSA) is 60.0 Å². The fourth-order valence-corrected chi connectivity index (χ4v) is 3.79. The van der Waals surface area contributed by atoms with Crippen molar-refractivity contribution in [1.82, 2.24) is 15.0 Å². The van der Waals surface area contributed by atoms with Crippen molar-refractivity contribution in [3.05, 3.63) is 66.5 Å². The number of ether oxygens (including phenoxy) is 2. The third-order valence-corrected chi connectivity index (χ3v) is 5.38. The average molecular weight is 377 g/mol. The number of thioether (sulfide) groups is 1. The Hall–Kier alpha value is -2.99. The molecule has 0 spiro atoms. The number of nitrogens with zero attached hydrogens (tertiary/aromatic N) is 2. The van der Waals surface area contributed by atoms with Gasteiger partial charge in [0.25, 0.3) is 0 Å². The van der Waals surface area contributed by atoms with Crippen molar-refractivity contribution in [3.8, 4) is 22.8 Å². The minimum atomic E-state index is 0.812. The number of benzene rings is 2. The summed E-state index contributed by atoms with van der Waals surface area (Å²) < 4.78 is 10.5. The van der Waals surface area contributed by atoms with E-state index in [2.05, 4.69) is 27.1 Å². The second-order valence-corrected chi connectivity index (χ2v) is 6.96. The summed E-state index contributed by atoms with van der Waals surface area (Å²) in [4.78, 5) is 12.2. The van der Waals surface area contributed by atoms with E-state index in [0.717, 1.165) is 44.6 Å². The van der Waals surface area contributed by atoms with Crippen LogP contribution in [0.3, 0.4) is 0 Å². The molecule has 0 aliphatic rings. The molecule has 0 saturated carbocycles. The normalized spacial score (nSPS) is 10.9. The van der Waals surface area contributed by atoms with Gasteiger partial charge in [-0.05, 0) is 53.6 Å². The highest BCUT2D eigenvalue weighted by Gasteiger charge is 2.10. The molecule has 4 aromatic rings. The Labute approximate surface area is 161 Å². The van der Waals surface area contributed by atoms with Crippen LogP contribution in [0, 0.1) is 0 Å². The maximum absolute atomic E-state index is 5.30. The van der Waals surface area contributed by atoms with Gasteiger partial charge >= 0.3 is 0 Å². The van der Waals surface area contributed by atoms with Crippen LogP contribution in [-0.4, -0.2) is 29.2 Å². The van der Waals surface area contributed by atoms with Crippen molar-refractivity contribution in [1.29, 1.82) is 0 Å². The first-order chi connectivity index (χ1) is 13.3. The summed E-state index contributed by atoms with van der Waals surface area (Å²) in [6.07, 6.45) is 1.60. The van der Waals surface area contributed by atoms with E-state index in [1.54, 1.807) is 32.3 Å². The molecule has 0 fully saturated rings. The number of methoxy groups -OCH3 is 2. The molecule has 0 amide bonds. The number of nitrogens with one attached hydrogen (secondary N) is 1. The monoisotopic (exact) mass is 377 g/mol. The van der Waals surface area contributed by atoms with Gasteiger partial charge in [0.1, 0.15) is 28.5 Å². The SMILES string of the molecule is COc1ccc(-c2cc3c(SCc4cccc(OC)c4)ncnc3[nH]2)cc1. The molecule has 0 atom stereocenters. The molecule has 5 nitrogen and oxygen atoms in total. The van der Waals surface area contributed by atoms with Gasteiger partial charge in [-0.3, -0.25) is 0 Å². The van der Waals surface area contributed by atoms with Gasteiger partial charge in [0.2, 0.25) is 0 Å². The van der Waals surface area contributed by atoms with Gasteiger partial charge in [-0.15, -0.1) is 11.8 Å². The Kier molecular flexibility index (Phi) is 4.98. The highest BCUT2D eigenvalue weighted by molar-refractivity contribution is 7.98. The first-order valence-corrected chi connectivity index (χ1v) is 9.49. The summed E-state index contributed by atoms with van der Waals surface area (Å²) in [7, 11) is 3.35. The second-order valence-electron chi connectivity index (χ2n) is 5.99. The molecule has 2 heterocycles. The van der Waals surface area contributed by atoms with Crippen LogP contribution in [-0.2, 0) is 5.75 Å². The van der Waals surface area contributed by atoms with Gasteiger partial charge in [-0.25, -0.2) is 9.97 Å². The quantitative estimate of drug-likeness (QED) is 0.381. The highest BCUT2D eigenvalue weighted by atomic mass is 32.2. The number of rotatable bonds is 6. The second kappa shape index (κ2) is 7.72. The van der Waals surface area contributed by atoms with E-state index in [9.17, 15) is 0 Å². The van der Waals surface area contributed by atoms with E-state index in [4.69, 9.17) is 9.47 Å². The first kappa shape index (κ1) is 17.4. The smallest absolute Gasteiger partial charge is 0.142 e. The van der Waals surface area contributed by atoms with Crippen molar-refractivity contribution in [3.63, 3.8) is 0 Å². The summed E-state index contributed by atoms with van der Waals surface area (Å²) in [6.45, 7) is 0. The van der Waals surface area contributed by atoms with E-state index < -0.39 is 0 Å². The Morgan fingerprint density at radius 3 is 2.52 bits per heavy atom. The Morgan fingerprint density at radius 1 is 0.926 bits per heavy atom. The fourth-order valence-electron chi connectivity index (χ4n) is 2.87. The molecular weight excluding hydrogens is 358 g/mol. The van der Waals surface area contributed by atoms with Crippen LogP contribution in [0.2, 0.25) is 0 Å². The third-order valence-electron chi connectivity index (χ3n) is 4.30. The van der Waals surface area contributed by atoms with E-state index in [1.807, 2.05) is 42.5 Å². The third kappa shape index (κ3) is 3.75. The van der Waals surface area contributed by atoms with Gasteiger partial charge in [0.15, 0.2) is 0 Å². The molecule has 27 heavy (non-hydrogen) atoms. The van der Waals surface area contributed by atoms with E-state index in [0.29, 0.717) is 0 Å². The van der Waals surface area contributed by atoms with Crippen molar-refractivity contribution >= 4 is 22.8 Å². The van der Waals surface area contributed by atoms with Crippen LogP contribution < -0.4 is 9.47 Å². The molecule has 0 unspecified atom stereocenters. The predicted octanol–water partition coefficient (Wildman–Crippen LogP) is 4.93. The van der Waals surface area contributed by atoms with Crippen molar-refractivity contribution in [2.75, 3.05) is 14.2 Å². The molecule has 136 valence electrons. The van der Waals surface area contributed by atoms with Gasteiger partial charge in [0.05, 0.1) is 19.6 Å². The number of H-pyrrole nitrogens is 1.